The first kappa shape index (κ1) is 13.1. The lowest BCUT2D eigenvalue weighted by molar-refractivity contribution is -0.118. The van der Waals surface area contributed by atoms with Crippen LogP contribution in [0.25, 0.3) is 0 Å². The highest BCUT2D eigenvalue weighted by atomic mass is 35.5. The first-order chi connectivity index (χ1) is 8.65. The summed E-state index contributed by atoms with van der Waals surface area (Å²) < 4.78 is 13.9. The van der Waals surface area contributed by atoms with Gasteiger partial charge in [0.15, 0.2) is 0 Å². The normalized spacial score (nSPS) is 14.2. The third-order valence-corrected chi connectivity index (χ3v) is 3.47. The Bertz CT molecular complexity index is 487. The van der Waals surface area contributed by atoms with Crippen LogP contribution in [0.2, 0.25) is 5.02 Å². The fraction of sp³-hybridized carbons (Fsp3) is 0.357. The third kappa shape index (κ3) is 2.41. The van der Waals surface area contributed by atoms with Crippen molar-refractivity contribution in [3.63, 3.8) is 0 Å². The number of benzene rings is 1. The van der Waals surface area contributed by atoms with Crippen LogP contribution in [0.4, 0.5) is 10.1 Å². The van der Waals surface area contributed by atoms with E-state index < -0.39 is 0 Å². The molecule has 0 radical (unpaired) electrons. The number of rotatable bonds is 3. The number of hydrogen-bond acceptors (Lipinski definition) is 1. The first-order valence-electron chi connectivity index (χ1n) is 6.03. The molecule has 0 atom stereocenters. The number of amides is 1. The van der Waals surface area contributed by atoms with E-state index in [-0.39, 0.29) is 11.7 Å². The summed E-state index contributed by atoms with van der Waals surface area (Å²) in [4.78, 5) is 13.6. The molecule has 0 aliphatic carbocycles. The monoisotopic (exact) mass is 267 g/mol. The van der Waals surface area contributed by atoms with E-state index in [4.69, 9.17) is 11.6 Å². The fourth-order valence-corrected chi connectivity index (χ4v) is 2.50. The number of carbonyl (C=O) groups is 1. The third-order valence-electron chi connectivity index (χ3n) is 3.12. The number of anilines is 1. The Balaban J connectivity index is 2.35. The van der Waals surface area contributed by atoms with Crippen LogP contribution in [-0.4, -0.2) is 12.5 Å². The Labute approximate surface area is 111 Å². The number of fused-ring (bicyclic) bond motifs is 1. The van der Waals surface area contributed by atoms with E-state index in [9.17, 15) is 9.18 Å². The molecule has 1 aromatic carbocycles. The molecule has 0 fully saturated rings. The van der Waals surface area contributed by atoms with Gasteiger partial charge in [-0.25, -0.2) is 4.39 Å². The van der Waals surface area contributed by atoms with Crippen LogP contribution in [0, 0.1) is 5.82 Å². The zero-order chi connectivity index (χ0) is 13.1. The summed E-state index contributed by atoms with van der Waals surface area (Å²) in [5.74, 6) is -0.446. The maximum Gasteiger partial charge on any atom is 0.227 e. The molecule has 1 aliphatic heterocycles. The highest BCUT2D eigenvalue weighted by Gasteiger charge is 2.26. The van der Waals surface area contributed by atoms with Crippen molar-refractivity contribution in [2.45, 2.75) is 25.7 Å². The van der Waals surface area contributed by atoms with E-state index in [0.29, 0.717) is 30.1 Å². The second-order valence-corrected chi connectivity index (χ2v) is 4.74. The fourth-order valence-electron chi connectivity index (χ4n) is 2.25. The second kappa shape index (κ2) is 5.53. The Hall–Kier alpha value is -1.35. The zero-order valence-corrected chi connectivity index (χ0v) is 10.8. The lowest BCUT2D eigenvalue weighted by Gasteiger charge is -2.30. The minimum absolute atomic E-state index is 0.0722. The summed E-state index contributed by atoms with van der Waals surface area (Å²) in [6.45, 7) is 4.14. The van der Waals surface area contributed by atoms with Crippen LogP contribution < -0.4 is 4.90 Å². The van der Waals surface area contributed by atoms with Crippen molar-refractivity contribution < 1.29 is 9.18 Å². The van der Waals surface area contributed by atoms with Gasteiger partial charge in [-0.1, -0.05) is 17.7 Å². The molecule has 1 aromatic rings. The highest BCUT2D eigenvalue weighted by molar-refractivity contribution is 6.32. The largest absolute Gasteiger partial charge is 0.309 e. The van der Waals surface area contributed by atoms with Gasteiger partial charge in [-0.3, -0.25) is 4.79 Å². The number of carbonyl (C=O) groups excluding carboxylic acids is 1. The van der Waals surface area contributed by atoms with Crippen LogP contribution in [0.5, 0.6) is 0 Å². The molecular formula is C14H15ClFNO. The summed E-state index contributed by atoms with van der Waals surface area (Å²) in [6.07, 6.45) is 4.19. The van der Waals surface area contributed by atoms with E-state index in [1.807, 2.05) is 0 Å². The summed E-state index contributed by atoms with van der Waals surface area (Å²) >= 11 is 6.07. The molecule has 1 aliphatic rings. The van der Waals surface area contributed by atoms with Crippen molar-refractivity contribution >= 4 is 23.2 Å². The van der Waals surface area contributed by atoms with Crippen molar-refractivity contribution in [1.29, 1.82) is 0 Å². The molecular weight excluding hydrogens is 253 g/mol. The maximum absolute atomic E-state index is 13.9. The molecule has 1 amide bonds. The molecule has 4 heteroatoms. The van der Waals surface area contributed by atoms with E-state index in [1.165, 1.54) is 11.0 Å². The number of allylic oxidation sites excluding steroid dienone is 1. The van der Waals surface area contributed by atoms with Gasteiger partial charge in [0.2, 0.25) is 5.91 Å². The van der Waals surface area contributed by atoms with Gasteiger partial charge < -0.3 is 4.90 Å². The standard InChI is InChI=1S/C14H15ClFNO/c1-2-3-6-13(18)17-9-4-5-10-11(15)7-8-12(16)14(10)17/h2,7-8H,1,3-6,9H2. The van der Waals surface area contributed by atoms with E-state index in [1.54, 1.807) is 12.1 Å². The summed E-state index contributed by atoms with van der Waals surface area (Å²) in [5, 5.41) is 0.535. The topological polar surface area (TPSA) is 20.3 Å². The van der Waals surface area contributed by atoms with Crippen LogP contribution in [0.1, 0.15) is 24.8 Å². The number of halogens is 2. The van der Waals surface area contributed by atoms with Gasteiger partial charge in [0.05, 0.1) is 5.69 Å². The Morgan fingerprint density at radius 1 is 1.56 bits per heavy atom. The highest BCUT2D eigenvalue weighted by Crippen LogP contribution is 2.35. The smallest absolute Gasteiger partial charge is 0.227 e. The van der Waals surface area contributed by atoms with Crippen LogP contribution in [0.3, 0.4) is 0 Å². The van der Waals surface area contributed by atoms with Gasteiger partial charge in [-0.05, 0) is 37.0 Å². The number of nitrogens with zero attached hydrogens (tertiary/aromatic N) is 1. The quantitative estimate of drug-likeness (QED) is 0.765. The molecule has 2 nitrogen and oxygen atoms in total. The molecule has 0 spiro atoms. The van der Waals surface area contributed by atoms with E-state index in [2.05, 4.69) is 6.58 Å². The summed E-state index contributed by atoms with van der Waals surface area (Å²) in [7, 11) is 0. The van der Waals surface area contributed by atoms with E-state index >= 15 is 0 Å². The molecule has 0 saturated heterocycles. The first-order valence-corrected chi connectivity index (χ1v) is 6.41. The van der Waals surface area contributed by atoms with Gasteiger partial charge in [-0.15, -0.1) is 6.58 Å². The van der Waals surface area contributed by atoms with Crippen molar-refractivity contribution in [3.8, 4) is 0 Å². The van der Waals surface area contributed by atoms with Gasteiger partial charge in [0.25, 0.3) is 0 Å². The Morgan fingerprint density at radius 2 is 2.33 bits per heavy atom. The van der Waals surface area contributed by atoms with Gasteiger partial charge in [0, 0.05) is 18.0 Å². The van der Waals surface area contributed by atoms with E-state index in [0.717, 1.165) is 18.4 Å². The molecule has 0 aromatic heterocycles. The van der Waals surface area contributed by atoms with Gasteiger partial charge in [0.1, 0.15) is 5.82 Å². The van der Waals surface area contributed by atoms with Crippen LogP contribution >= 0.6 is 11.6 Å². The maximum atomic E-state index is 13.9. The molecule has 0 unspecified atom stereocenters. The second-order valence-electron chi connectivity index (χ2n) is 4.33. The Kier molecular flexibility index (Phi) is 4.02. The van der Waals surface area contributed by atoms with Crippen LogP contribution in [0.15, 0.2) is 24.8 Å². The van der Waals surface area contributed by atoms with Crippen LogP contribution in [-0.2, 0) is 11.2 Å². The molecule has 0 bridgehead atoms. The predicted molar refractivity (Wildman–Crippen MR) is 71.5 cm³/mol. The average molecular weight is 268 g/mol. The lowest BCUT2D eigenvalue weighted by atomic mass is 10.0. The van der Waals surface area contributed by atoms with Crippen molar-refractivity contribution in [2.75, 3.05) is 11.4 Å². The predicted octanol–water partition coefficient (Wildman–Crippen LogP) is 3.72. The average Bonchev–Trinajstić information content (AvgIpc) is 2.39. The molecule has 0 saturated carbocycles. The number of hydrogen-bond donors (Lipinski definition) is 0. The minimum Gasteiger partial charge on any atom is -0.309 e. The Morgan fingerprint density at radius 3 is 3.06 bits per heavy atom. The lowest BCUT2D eigenvalue weighted by Crippen LogP contribution is -2.36. The van der Waals surface area contributed by atoms with Crippen molar-refractivity contribution in [2.24, 2.45) is 0 Å². The SMILES string of the molecule is C=CCCC(=O)N1CCCc2c(Cl)ccc(F)c21. The molecule has 2 rings (SSSR count). The van der Waals surface area contributed by atoms with Crippen molar-refractivity contribution in [1.82, 2.24) is 0 Å². The van der Waals surface area contributed by atoms with Gasteiger partial charge >= 0.3 is 0 Å². The molecule has 18 heavy (non-hydrogen) atoms. The van der Waals surface area contributed by atoms with Gasteiger partial charge in [-0.2, -0.15) is 0 Å². The molecule has 1 heterocycles. The zero-order valence-electron chi connectivity index (χ0n) is 10.1. The molecule has 96 valence electrons. The van der Waals surface area contributed by atoms with Crippen molar-refractivity contribution in [3.05, 3.63) is 41.2 Å². The molecule has 0 N–H and O–H groups in total. The summed E-state index contributed by atoms with van der Waals surface area (Å²) in [6, 6.07) is 2.87. The minimum atomic E-state index is -0.374. The summed E-state index contributed by atoms with van der Waals surface area (Å²) in [5.41, 5.74) is 1.11.